The van der Waals surface area contributed by atoms with Gasteiger partial charge in [-0.1, -0.05) is 37.3 Å². The average Bonchev–Trinajstić information content (AvgIpc) is 2.45. The van der Waals surface area contributed by atoms with E-state index in [0.29, 0.717) is 6.61 Å². The van der Waals surface area contributed by atoms with E-state index >= 15 is 0 Å². The molecule has 0 aliphatic heterocycles. The van der Waals surface area contributed by atoms with Crippen LogP contribution in [0.3, 0.4) is 0 Å². The standard InChI is InChI=1S/C16H17IO2/c1-2-11-19-15-6-4-3-5-14(15)16(18)12-7-9-13(17)10-8-12/h3-10,16,18H,2,11H2,1H3. The fourth-order valence-corrected chi connectivity index (χ4v) is 2.23. The highest BCUT2D eigenvalue weighted by atomic mass is 127. The van der Waals surface area contributed by atoms with Crippen LogP contribution in [0, 0.1) is 3.57 Å². The van der Waals surface area contributed by atoms with Crippen LogP contribution in [0.1, 0.15) is 30.6 Å². The second kappa shape index (κ2) is 6.91. The Morgan fingerprint density at radius 3 is 2.47 bits per heavy atom. The van der Waals surface area contributed by atoms with Gasteiger partial charge in [0.15, 0.2) is 0 Å². The van der Waals surface area contributed by atoms with Gasteiger partial charge in [0.05, 0.1) is 6.61 Å². The zero-order valence-electron chi connectivity index (χ0n) is 10.8. The van der Waals surface area contributed by atoms with E-state index in [-0.39, 0.29) is 0 Å². The van der Waals surface area contributed by atoms with E-state index < -0.39 is 6.10 Å². The van der Waals surface area contributed by atoms with Crippen molar-refractivity contribution in [2.24, 2.45) is 0 Å². The minimum absolute atomic E-state index is 0.648. The van der Waals surface area contributed by atoms with Gasteiger partial charge in [-0.3, -0.25) is 0 Å². The molecule has 0 amide bonds. The van der Waals surface area contributed by atoms with Crippen molar-refractivity contribution >= 4 is 22.6 Å². The van der Waals surface area contributed by atoms with E-state index in [2.05, 4.69) is 29.5 Å². The Balaban J connectivity index is 2.27. The highest BCUT2D eigenvalue weighted by molar-refractivity contribution is 14.1. The summed E-state index contributed by atoms with van der Waals surface area (Å²) in [6.07, 6.45) is 0.304. The summed E-state index contributed by atoms with van der Waals surface area (Å²) in [5.41, 5.74) is 1.70. The van der Waals surface area contributed by atoms with Crippen molar-refractivity contribution in [2.75, 3.05) is 6.61 Å². The van der Waals surface area contributed by atoms with Gasteiger partial charge < -0.3 is 9.84 Å². The molecule has 1 atom stereocenters. The topological polar surface area (TPSA) is 29.5 Å². The van der Waals surface area contributed by atoms with Crippen molar-refractivity contribution in [2.45, 2.75) is 19.4 Å². The Morgan fingerprint density at radius 2 is 1.79 bits per heavy atom. The van der Waals surface area contributed by atoms with Crippen molar-refractivity contribution < 1.29 is 9.84 Å². The summed E-state index contributed by atoms with van der Waals surface area (Å²) in [5.74, 6) is 0.760. The lowest BCUT2D eigenvalue weighted by Crippen LogP contribution is -2.04. The third kappa shape index (κ3) is 3.70. The lowest BCUT2D eigenvalue weighted by molar-refractivity contribution is 0.210. The molecule has 0 aromatic heterocycles. The van der Waals surface area contributed by atoms with Crippen molar-refractivity contribution in [1.29, 1.82) is 0 Å². The number of ether oxygens (including phenoxy) is 1. The van der Waals surface area contributed by atoms with Crippen molar-refractivity contribution in [3.63, 3.8) is 0 Å². The molecule has 2 rings (SSSR count). The number of hydrogen-bond acceptors (Lipinski definition) is 2. The molecule has 0 radical (unpaired) electrons. The van der Waals surface area contributed by atoms with Crippen LogP contribution in [0.25, 0.3) is 0 Å². The monoisotopic (exact) mass is 368 g/mol. The molecule has 0 saturated heterocycles. The van der Waals surface area contributed by atoms with Gasteiger partial charge in [-0.05, 0) is 52.8 Å². The fraction of sp³-hybridized carbons (Fsp3) is 0.250. The molecule has 0 heterocycles. The van der Waals surface area contributed by atoms with E-state index in [4.69, 9.17) is 4.74 Å². The number of aliphatic hydroxyl groups excluding tert-OH is 1. The van der Waals surface area contributed by atoms with E-state index in [1.807, 2.05) is 48.5 Å². The first-order valence-corrected chi connectivity index (χ1v) is 7.45. The highest BCUT2D eigenvalue weighted by Gasteiger charge is 2.14. The minimum Gasteiger partial charge on any atom is -0.493 e. The number of aliphatic hydroxyl groups is 1. The largest absolute Gasteiger partial charge is 0.493 e. The van der Waals surface area contributed by atoms with Gasteiger partial charge >= 0.3 is 0 Å². The number of hydrogen-bond donors (Lipinski definition) is 1. The second-order valence-electron chi connectivity index (χ2n) is 4.34. The SMILES string of the molecule is CCCOc1ccccc1C(O)c1ccc(I)cc1. The maximum atomic E-state index is 10.5. The quantitative estimate of drug-likeness (QED) is 0.804. The highest BCUT2D eigenvalue weighted by Crippen LogP contribution is 2.30. The normalized spacial score (nSPS) is 12.2. The van der Waals surface area contributed by atoms with Crippen LogP contribution in [0.2, 0.25) is 0 Å². The van der Waals surface area contributed by atoms with Crippen molar-refractivity contribution in [1.82, 2.24) is 0 Å². The van der Waals surface area contributed by atoms with Crippen LogP contribution in [0.5, 0.6) is 5.75 Å². The summed E-state index contributed by atoms with van der Waals surface area (Å²) < 4.78 is 6.85. The third-order valence-electron chi connectivity index (χ3n) is 2.86. The first kappa shape index (κ1) is 14.3. The maximum Gasteiger partial charge on any atom is 0.125 e. The lowest BCUT2D eigenvalue weighted by Gasteiger charge is -2.16. The number of benzene rings is 2. The third-order valence-corrected chi connectivity index (χ3v) is 3.58. The molecule has 19 heavy (non-hydrogen) atoms. The molecule has 0 bridgehead atoms. The number of para-hydroxylation sites is 1. The first-order chi connectivity index (χ1) is 9.22. The maximum absolute atomic E-state index is 10.5. The van der Waals surface area contributed by atoms with Crippen LogP contribution in [-0.4, -0.2) is 11.7 Å². The smallest absolute Gasteiger partial charge is 0.125 e. The van der Waals surface area contributed by atoms with Crippen LogP contribution in [-0.2, 0) is 0 Å². The van der Waals surface area contributed by atoms with E-state index in [1.165, 1.54) is 0 Å². The molecule has 1 unspecified atom stereocenters. The van der Waals surface area contributed by atoms with Gasteiger partial charge in [0.1, 0.15) is 11.9 Å². The Kier molecular flexibility index (Phi) is 5.22. The zero-order valence-corrected chi connectivity index (χ0v) is 13.0. The predicted octanol–water partition coefficient (Wildman–Crippen LogP) is 4.16. The molecule has 2 aromatic rings. The summed E-state index contributed by atoms with van der Waals surface area (Å²) in [6, 6.07) is 15.5. The molecule has 0 spiro atoms. The number of rotatable bonds is 5. The predicted molar refractivity (Wildman–Crippen MR) is 85.4 cm³/mol. The molecule has 1 N–H and O–H groups in total. The lowest BCUT2D eigenvalue weighted by atomic mass is 10.0. The molecule has 0 aliphatic rings. The molecule has 2 nitrogen and oxygen atoms in total. The van der Waals surface area contributed by atoms with Crippen LogP contribution in [0.15, 0.2) is 48.5 Å². The Hall–Kier alpha value is -1.07. The molecule has 3 heteroatoms. The van der Waals surface area contributed by atoms with Gasteiger partial charge in [0.2, 0.25) is 0 Å². The molecular formula is C16H17IO2. The molecular weight excluding hydrogens is 351 g/mol. The van der Waals surface area contributed by atoms with Crippen molar-refractivity contribution in [3.8, 4) is 5.75 Å². The summed E-state index contributed by atoms with van der Waals surface area (Å²) >= 11 is 2.25. The Morgan fingerprint density at radius 1 is 1.11 bits per heavy atom. The van der Waals surface area contributed by atoms with Gasteiger partial charge in [-0.25, -0.2) is 0 Å². The number of halogens is 1. The average molecular weight is 368 g/mol. The van der Waals surface area contributed by atoms with Gasteiger partial charge in [-0.2, -0.15) is 0 Å². The van der Waals surface area contributed by atoms with Gasteiger partial charge in [0, 0.05) is 9.13 Å². The molecule has 0 aliphatic carbocycles. The Labute approximate surface area is 127 Å². The van der Waals surface area contributed by atoms with Crippen LogP contribution >= 0.6 is 22.6 Å². The zero-order chi connectivity index (χ0) is 13.7. The molecule has 100 valence electrons. The summed E-state index contributed by atoms with van der Waals surface area (Å²) in [7, 11) is 0. The van der Waals surface area contributed by atoms with Crippen LogP contribution < -0.4 is 4.74 Å². The molecule has 2 aromatic carbocycles. The van der Waals surface area contributed by atoms with Crippen LogP contribution in [0.4, 0.5) is 0 Å². The van der Waals surface area contributed by atoms with E-state index in [9.17, 15) is 5.11 Å². The molecule has 0 saturated carbocycles. The second-order valence-corrected chi connectivity index (χ2v) is 5.59. The summed E-state index contributed by atoms with van der Waals surface area (Å²) in [5, 5.41) is 10.5. The van der Waals surface area contributed by atoms with Crippen molar-refractivity contribution in [3.05, 3.63) is 63.2 Å². The van der Waals surface area contributed by atoms with E-state index in [0.717, 1.165) is 26.9 Å². The fourth-order valence-electron chi connectivity index (χ4n) is 1.87. The van der Waals surface area contributed by atoms with E-state index in [1.54, 1.807) is 0 Å². The minimum atomic E-state index is -0.648. The first-order valence-electron chi connectivity index (χ1n) is 6.37. The molecule has 0 fully saturated rings. The Bertz CT molecular complexity index is 523. The summed E-state index contributed by atoms with van der Waals surface area (Å²) in [6.45, 7) is 2.73. The van der Waals surface area contributed by atoms with Gasteiger partial charge in [-0.15, -0.1) is 0 Å². The van der Waals surface area contributed by atoms with Gasteiger partial charge in [0.25, 0.3) is 0 Å². The summed E-state index contributed by atoms with van der Waals surface area (Å²) in [4.78, 5) is 0.